The minimum atomic E-state index is -5.92. The molecule has 0 spiro atoms. The molecule has 0 saturated carbocycles. The van der Waals surface area contributed by atoms with Crippen LogP contribution >= 0.6 is 23.5 Å². The summed E-state index contributed by atoms with van der Waals surface area (Å²) in [5.74, 6) is 2.33. The van der Waals surface area contributed by atoms with Crippen molar-refractivity contribution in [2.45, 2.75) is 70.1 Å². The number of hydrogen-bond acceptors (Lipinski definition) is 21. The third-order valence-corrected chi connectivity index (χ3v) is 13.9. The van der Waals surface area contributed by atoms with E-state index in [0.29, 0.717) is 18.8 Å². The van der Waals surface area contributed by atoms with E-state index < -0.39 is 96.5 Å². The number of aromatic nitrogens is 2. The number of nitrogens with one attached hydrogen (secondary N) is 2. The summed E-state index contributed by atoms with van der Waals surface area (Å²) in [6.45, 7) is 2.53. The van der Waals surface area contributed by atoms with Crippen LogP contribution in [0, 0.1) is 11.8 Å². The Bertz CT molecular complexity index is 2940. The largest absolute Gasteiger partial charge is 0.490 e. The van der Waals surface area contributed by atoms with Crippen LogP contribution in [0.2, 0.25) is 0 Å². The summed E-state index contributed by atoms with van der Waals surface area (Å²) < 4.78 is 76.1. The number of benzene rings is 2. The van der Waals surface area contributed by atoms with Gasteiger partial charge >= 0.3 is 41.1 Å². The molecular formula is C41H53N12O20P3. The van der Waals surface area contributed by atoms with Crippen LogP contribution in [0.4, 0.5) is 11.5 Å². The first-order chi connectivity index (χ1) is 36.0. The van der Waals surface area contributed by atoms with Crippen LogP contribution in [0.25, 0.3) is 20.9 Å². The Morgan fingerprint density at radius 3 is 2.29 bits per heavy atom. The van der Waals surface area contributed by atoms with Crippen molar-refractivity contribution >= 4 is 58.7 Å². The van der Waals surface area contributed by atoms with Crippen molar-refractivity contribution in [3.8, 4) is 11.8 Å². The number of rotatable bonds is 29. The molecule has 0 radical (unpaired) electrons. The van der Waals surface area contributed by atoms with Crippen LogP contribution in [-0.2, 0) is 60.1 Å². The summed E-state index contributed by atoms with van der Waals surface area (Å²) in [6.07, 6.45) is -3.16. The molecule has 0 bridgehead atoms. The van der Waals surface area contributed by atoms with Gasteiger partial charge in [-0.3, -0.25) is 18.7 Å². The van der Waals surface area contributed by atoms with E-state index in [2.05, 4.69) is 56.1 Å². The van der Waals surface area contributed by atoms with Crippen LogP contribution in [0.5, 0.6) is 0 Å². The highest BCUT2D eigenvalue weighted by molar-refractivity contribution is 7.66. The zero-order valence-corrected chi connectivity index (χ0v) is 43.1. The number of phosphoric ester groups is 1. The van der Waals surface area contributed by atoms with Gasteiger partial charge in [0, 0.05) is 41.1 Å². The number of unbranched alkanes of at least 4 members (excludes halogenated alkanes) is 1. The molecule has 1 fully saturated rings. The minimum absolute atomic E-state index is 0.00178. The van der Waals surface area contributed by atoms with Gasteiger partial charge < -0.3 is 65.4 Å². The fourth-order valence-electron chi connectivity index (χ4n) is 6.77. The summed E-state index contributed by atoms with van der Waals surface area (Å²) in [4.78, 5) is 111. The molecule has 76 heavy (non-hydrogen) atoms. The predicted molar refractivity (Wildman–Crippen MR) is 262 cm³/mol. The first-order valence-electron chi connectivity index (χ1n) is 22.4. The minimum Gasteiger partial charge on any atom is -0.462 e. The lowest BCUT2D eigenvalue weighted by atomic mass is 10.0. The smallest absolute Gasteiger partial charge is 0.462 e. The Morgan fingerprint density at radius 2 is 1.59 bits per heavy atom. The summed E-state index contributed by atoms with van der Waals surface area (Å²) in [6, 6.07) is 8.55. The van der Waals surface area contributed by atoms with Crippen molar-refractivity contribution in [2.75, 3.05) is 63.8 Å². The number of esters is 2. The number of ether oxygens (including phenoxy) is 5. The number of nitrogens with two attached hydrogens (primary N) is 2. The fraction of sp³-hybridized carbons (Fsp3) is 0.463. The third-order valence-electron chi connectivity index (χ3n) is 10.1. The van der Waals surface area contributed by atoms with Gasteiger partial charge in [0.1, 0.15) is 30.9 Å². The van der Waals surface area contributed by atoms with Crippen molar-refractivity contribution in [3.63, 3.8) is 0 Å². The second-order valence-electron chi connectivity index (χ2n) is 15.7. The maximum atomic E-state index is 13.5. The van der Waals surface area contributed by atoms with E-state index in [1.807, 2.05) is 0 Å². The van der Waals surface area contributed by atoms with Gasteiger partial charge in [0.25, 0.3) is 0 Å². The maximum absolute atomic E-state index is 13.5. The summed E-state index contributed by atoms with van der Waals surface area (Å²) >= 11 is 0. The Kier molecular flexibility index (Phi) is 24.2. The molecule has 7 atom stereocenters. The van der Waals surface area contributed by atoms with E-state index in [4.69, 9.17) is 60.5 Å². The van der Waals surface area contributed by atoms with Crippen LogP contribution in [0.1, 0.15) is 95.2 Å². The average molecular weight is 1130 g/mol. The molecule has 1 aliphatic heterocycles. The number of nitrogen functional groups attached to an aromatic ring is 1. The number of azide groups is 2. The van der Waals surface area contributed by atoms with E-state index in [1.165, 1.54) is 43.3 Å². The Hall–Kier alpha value is -6.57. The highest BCUT2D eigenvalue weighted by Crippen LogP contribution is 2.66. The quantitative estimate of drug-likeness (QED) is 0.00930. The van der Waals surface area contributed by atoms with Gasteiger partial charge in [-0.15, -0.1) is 0 Å². The van der Waals surface area contributed by atoms with Crippen molar-refractivity contribution in [3.05, 3.63) is 108 Å². The normalized spacial score (nSPS) is 17.4. The molecular weight excluding hydrogens is 1070 g/mol. The molecule has 1 aromatic heterocycles. The molecule has 1 aliphatic rings. The zero-order valence-electron chi connectivity index (χ0n) is 40.4. The molecule has 3 aromatic rings. The standard InChI is InChI=1S/C41H53N12O20P3/c1-25(49-51-44)29-9-3-4-10-30(29)40(57)71-33-21-37(70-34(33)23-69-75(62,63)73-76(64,65)72-74(59,60)61)53-22-27(38(43)48-41(53)58)8-7-15-46-35(54)11-5-6-16-68-39(56)31-13-12-28(20-32(31)26(2)50-52-45)47-36(55)24-67-19-18-66-17-14-42/h3-4,9-10,12-13,20,22,25-26,33-34,37H,5-6,11,14-19,21,23-24,42H2,1-2H3,(H,46,54)(H,47,55)(H,62,63)(H,64,65)(H2,43,48,58)(H2,59,60,61)/t25?,26?,33?,34-,37-/m1/s1. The Labute approximate surface area is 431 Å². The predicted octanol–water partition coefficient (Wildman–Crippen LogP) is 3.85. The molecule has 4 rings (SSSR count). The monoisotopic (exact) mass is 1130 g/mol. The summed E-state index contributed by atoms with van der Waals surface area (Å²) in [5.41, 5.74) is 29.1. The molecule has 412 valence electrons. The molecule has 32 nitrogen and oxygen atoms in total. The van der Waals surface area contributed by atoms with E-state index >= 15 is 0 Å². The van der Waals surface area contributed by atoms with Gasteiger partial charge in [-0.2, -0.15) is 13.6 Å². The Balaban J connectivity index is 1.36. The van der Waals surface area contributed by atoms with Gasteiger partial charge in [0.15, 0.2) is 0 Å². The number of hydrogen-bond donors (Lipinski definition) is 8. The fourth-order valence-corrected chi connectivity index (χ4v) is 9.80. The topological polar surface area (TPSA) is 483 Å². The zero-order chi connectivity index (χ0) is 56.1. The summed E-state index contributed by atoms with van der Waals surface area (Å²) in [7, 11) is -17.4. The maximum Gasteiger partial charge on any atom is 0.490 e. The van der Waals surface area contributed by atoms with Gasteiger partial charge in [-0.25, -0.2) is 28.1 Å². The first-order valence-corrected chi connectivity index (χ1v) is 26.9. The molecule has 2 heterocycles. The highest BCUT2D eigenvalue weighted by atomic mass is 31.3. The van der Waals surface area contributed by atoms with Crippen LogP contribution in [0.3, 0.4) is 0 Å². The lowest BCUT2D eigenvalue weighted by Gasteiger charge is -2.21. The van der Waals surface area contributed by atoms with Gasteiger partial charge in [-0.05, 0) is 59.3 Å². The van der Waals surface area contributed by atoms with Gasteiger partial charge in [0.05, 0.1) is 68.4 Å². The number of carbonyl (C=O) groups is 4. The number of nitrogens with zero attached hydrogens (tertiary/aromatic N) is 8. The van der Waals surface area contributed by atoms with Crippen LogP contribution in [0.15, 0.2) is 63.7 Å². The molecule has 2 amide bonds. The van der Waals surface area contributed by atoms with Gasteiger partial charge in [-0.1, -0.05) is 54.1 Å². The van der Waals surface area contributed by atoms with Crippen molar-refractivity contribution in [1.29, 1.82) is 0 Å². The van der Waals surface area contributed by atoms with Crippen molar-refractivity contribution in [2.24, 2.45) is 16.0 Å². The molecule has 10 N–H and O–H groups in total. The second kappa shape index (κ2) is 29.7. The van der Waals surface area contributed by atoms with Gasteiger partial charge in [0.2, 0.25) is 11.8 Å². The number of carbonyl (C=O) groups excluding carboxylic acids is 4. The molecule has 35 heteroatoms. The number of phosphoric acid groups is 3. The number of amides is 2. The van der Waals surface area contributed by atoms with Crippen molar-refractivity contribution in [1.82, 2.24) is 14.9 Å². The lowest BCUT2D eigenvalue weighted by Crippen LogP contribution is -2.31. The van der Waals surface area contributed by atoms with E-state index in [0.717, 1.165) is 10.8 Å². The Morgan fingerprint density at radius 1 is 0.908 bits per heavy atom. The highest BCUT2D eigenvalue weighted by Gasteiger charge is 2.45. The SMILES string of the molecule is CC(N=[N+]=[N-])c1cc(NC(=O)COCCOCCN)ccc1C(=O)OCCCCC(=O)NCC#Cc1cn([C@H]2CC(OC(=O)c3ccccc3C(C)N=[N+]=[N-])[C@@H](COP(=O)(O)OP(=O)(O)OP(=O)(O)O)O2)c(=O)nc1N. The molecule has 5 unspecified atom stereocenters. The van der Waals surface area contributed by atoms with E-state index in [-0.39, 0.29) is 85.9 Å². The lowest BCUT2D eigenvalue weighted by molar-refractivity contribution is -0.121. The van der Waals surface area contributed by atoms with E-state index in [9.17, 15) is 47.5 Å². The van der Waals surface area contributed by atoms with Crippen molar-refractivity contribution < 1.29 is 89.3 Å². The summed E-state index contributed by atoms with van der Waals surface area (Å²) in [5, 5.41) is 12.5. The van der Waals surface area contributed by atoms with Crippen LogP contribution in [-0.4, -0.2) is 118 Å². The third kappa shape index (κ3) is 20.5. The molecule has 2 aromatic carbocycles. The average Bonchev–Trinajstić information content (AvgIpc) is 3.74. The molecule has 1 saturated heterocycles. The second-order valence-corrected chi connectivity index (χ2v) is 20.2. The number of anilines is 2. The van der Waals surface area contributed by atoms with Crippen LogP contribution < -0.4 is 27.8 Å². The molecule has 0 aliphatic carbocycles. The first kappa shape index (κ1) is 62.0. The van der Waals surface area contributed by atoms with E-state index in [1.54, 1.807) is 13.0 Å².